The van der Waals surface area contributed by atoms with E-state index < -0.39 is 0 Å². The van der Waals surface area contributed by atoms with Gasteiger partial charge in [-0.1, -0.05) is 12.1 Å². The molecule has 15 heavy (non-hydrogen) atoms. The zero-order chi connectivity index (χ0) is 11.1. The average molecular weight is 212 g/mol. The zero-order valence-electron chi connectivity index (χ0n) is 9.03. The van der Waals surface area contributed by atoms with Crippen molar-refractivity contribution >= 4 is 5.97 Å². The summed E-state index contributed by atoms with van der Waals surface area (Å²) < 4.78 is 9.82. The first-order chi connectivity index (χ1) is 7.27. The number of ether oxygens (including phenoxy) is 1. The second-order valence-electron chi connectivity index (χ2n) is 3.07. The van der Waals surface area contributed by atoms with E-state index in [0.717, 1.165) is 0 Å². The van der Waals surface area contributed by atoms with Crippen molar-refractivity contribution in [2.75, 3.05) is 6.61 Å². The summed E-state index contributed by atoms with van der Waals surface area (Å²) in [7, 11) is 0. The van der Waals surface area contributed by atoms with Crippen molar-refractivity contribution in [2.45, 2.75) is 32.9 Å². The minimum absolute atomic E-state index is 0.223. The lowest BCUT2D eigenvalue weighted by Gasteiger charge is -2.13. The van der Waals surface area contributed by atoms with Crippen molar-refractivity contribution < 1.29 is 14.1 Å². The molecule has 0 aromatic carbocycles. The van der Waals surface area contributed by atoms with Gasteiger partial charge in [-0.25, -0.2) is 0 Å². The molecular weight excluding hydrogens is 196 g/mol. The van der Waals surface area contributed by atoms with Crippen LogP contribution in [-0.4, -0.2) is 23.8 Å². The molecule has 0 amide bonds. The van der Waals surface area contributed by atoms with Crippen LogP contribution < -0.4 is 5.32 Å². The Balaban J connectivity index is 2.37. The minimum atomic E-state index is -0.282. The summed E-state index contributed by atoms with van der Waals surface area (Å²) in [6, 6.07) is 1.47. The first-order valence-corrected chi connectivity index (χ1v) is 5.07. The molecule has 84 valence electrons. The Labute approximate surface area is 88.8 Å². The van der Waals surface area contributed by atoms with Crippen molar-refractivity contribution in [1.29, 1.82) is 0 Å². The van der Waals surface area contributed by atoms with Crippen LogP contribution in [0.3, 0.4) is 0 Å². The first kappa shape index (κ1) is 11.7. The largest absolute Gasteiger partial charge is 0.465 e. The maximum absolute atomic E-state index is 11.4. The molecule has 0 saturated carbocycles. The molecule has 5 nitrogen and oxygen atoms in total. The summed E-state index contributed by atoms with van der Waals surface area (Å²) in [6.45, 7) is 4.60. The smallest absolute Gasteiger partial charge is 0.323 e. The van der Waals surface area contributed by atoms with Crippen LogP contribution in [0.4, 0.5) is 0 Å². The molecule has 1 aromatic heterocycles. The molecule has 0 saturated heterocycles. The summed E-state index contributed by atoms with van der Waals surface area (Å²) in [6.07, 6.45) is 2.26. The predicted molar refractivity (Wildman–Crippen MR) is 54.1 cm³/mol. The van der Waals surface area contributed by atoms with Crippen LogP contribution in [0.1, 0.15) is 26.0 Å². The molecule has 1 aromatic rings. The fourth-order valence-electron chi connectivity index (χ4n) is 1.19. The molecule has 0 radical (unpaired) electrons. The van der Waals surface area contributed by atoms with Gasteiger partial charge >= 0.3 is 5.97 Å². The molecule has 0 aliphatic heterocycles. The van der Waals surface area contributed by atoms with E-state index in [1.165, 1.54) is 0 Å². The van der Waals surface area contributed by atoms with Gasteiger partial charge in [0.25, 0.3) is 0 Å². The number of hydrogen-bond donors (Lipinski definition) is 1. The van der Waals surface area contributed by atoms with Gasteiger partial charge in [0.05, 0.1) is 19.3 Å². The molecular formula is C10H16N2O3. The zero-order valence-corrected chi connectivity index (χ0v) is 9.03. The SMILES string of the molecule is CCOC(=O)C(CC)NCc1ccno1. The lowest BCUT2D eigenvalue weighted by atomic mass is 10.2. The van der Waals surface area contributed by atoms with Crippen molar-refractivity contribution in [3.05, 3.63) is 18.0 Å². The van der Waals surface area contributed by atoms with Crippen molar-refractivity contribution in [1.82, 2.24) is 10.5 Å². The normalized spacial score (nSPS) is 12.4. The van der Waals surface area contributed by atoms with Gasteiger partial charge in [-0.05, 0) is 13.3 Å². The Kier molecular flexibility index (Phi) is 4.83. The lowest BCUT2D eigenvalue weighted by molar-refractivity contribution is -0.145. The maximum atomic E-state index is 11.4. The van der Waals surface area contributed by atoms with Crippen molar-refractivity contribution in [2.24, 2.45) is 0 Å². The molecule has 0 aliphatic rings. The van der Waals surface area contributed by atoms with Crippen LogP contribution in [0, 0.1) is 0 Å². The van der Waals surface area contributed by atoms with E-state index in [2.05, 4.69) is 10.5 Å². The van der Waals surface area contributed by atoms with E-state index in [9.17, 15) is 4.79 Å². The summed E-state index contributed by atoms with van der Waals surface area (Å²) in [5.74, 6) is 0.484. The third kappa shape index (κ3) is 3.71. The highest BCUT2D eigenvalue weighted by molar-refractivity contribution is 5.75. The Bertz CT molecular complexity index is 285. The summed E-state index contributed by atoms with van der Waals surface area (Å²) >= 11 is 0. The molecule has 1 atom stereocenters. The van der Waals surface area contributed by atoms with Crippen LogP contribution in [0.2, 0.25) is 0 Å². The van der Waals surface area contributed by atoms with Gasteiger partial charge < -0.3 is 9.26 Å². The number of carbonyl (C=O) groups is 1. The van der Waals surface area contributed by atoms with Gasteiger partial charge in [0.2, 0.25) is 0 Å². The molecule has 5 heteroatoms. The van der Waals surface area contributed by atoms with Gasteiger partial charge in [0.15, 0.2) is 0 Å². The van der Waals surface area contributed by atoms with Gasteiger partial charge in [-0.2, -0.15) is 0 Å². The number of nitrogens with one attached hydrogen (secondary N) is 1. The molecule has 0 bridgehead atoms. The Hall–Kier alpha value is -1.36. The van der Waals surface area contributed by atoms with Gasteiger partial charge in [-0.15, -0.1) is 0 Å². The predicted octanol–water partition coefficient (Wildman–Crippen LogP) is 1.11. The van der Waals surface area contributed by atoms with Crippen molar-refractivity contribution in [3.8, 4) is 0 Å². The topological polar surface area (TPSA) is 64.4 Å². The number of aromatic nitrogens is 1. The van der Waals surface area contributed by atoms with Crippen LogP contribution in [0.15, 0.2) is 16.8 Å². The van der Waals surface area contributed by atoms with Crippen molar-refractivity contribution in [3.63, 3.8) is 0 Å². The maximum Gasteiger partial charge on any atom is 0.323 e. The monoisotopic (exact) mass is 212 g/mol. The summed E-state index contributed by atoms with van der Waals surface area (Å²) in [5.41, 5.74) is 0. The first-order valence-electron chi connectivity index (χ1n) is 5.07. The Morgan fingerprint density at radius 2 is 2.47 bits per heavy atom. The highest BCUT2D eigenvalue weighted by Gasteiger charge is 2.16. The lowest BCUT2D eigenvalue weighted by Crippen LogP contribution is -2.37. The highest BCUT2D eigenvalue weighted by Crippen LogP contribution is 2.00. The molecule has 0 spiro atoms. The molecule has 0 aliphatic carbocycles. The highest BCUT2D eigenvalue weighted by atomic mass is 16.5. The quantitative estimate of drug-likeness (QED) is 0.715. The standard InChI is InChI=1S/C10H16N2O3/c1-3-9(10(13)14-4-2)11-7-8-5-6-12-15-8/h5-6,9,11H,3-4,7H2,1-2H3. The summed E-state index contributed by atoms with van der Waals surface area (Å²) in [4.78, 5) is 11.4. The molecule has 1 unspecified atom stereocenters. The number of nitrogens with zero attached hydrogens (tertiary/aromatic N) is 1. The fraction of sp³-hybridized carbons (Fsp3) is 0.600. The Morgan fingerprint density at radius 3 is 3.00 bits per heavy atom. The van der Waals surface area contributed by atoms with E-state index >= 15 is 0 Å². The molecule has 1 N–H and O–H groups in total. The average Bonchev–Trinajstić information content (AvgIpc) is 2.72. The van der Waals surface area contributed by atoms with Crippen LogP contribution in [-0.2, 0) is 16.1 Å². The second kappa shape index (κ2) is 6.19. The van der Waals surface area contributed by atoms with E-state index in [1.807, 2.05) is 6.92 Å². The van der Waals surface area contributed by atoms with Gasteiger partial charge in [0, 0.05) is 6.07 Å². The molecule has 1 rings (SSSR count). The Morgan fingerprint density at radius 1 is 1.67 bits per heavy atom. The number of esters is 1. The molecule has 1 heterocycles. The number of carbonyl (C=O) groups excluding carboxylic acids is 1. The third-order valence-corrected chi connectivity index (χ3v) is 1.99. The van der Waals surface area contributed by atoms with Gasteiger partial charge in [0.1, 0.15) is 11.8 Å². The number of rotatable bonds is 6. The van der Waals surface area contributed by atoms with Crippen LogP contribution in [0.25, 0.3) is 0 Å². The van der Waals surface area contributed by atoms with E-state index in [1.54, 1.807) is 19.2 Å². The fourth-order valence-corrected chi connectivity index (χ4v) is 1.19. The minimum Gasteiger partial charge on any atom is -0.465 e. The number of hydrogen-bond acceptors (Lipinski definition) is 5. The van der Waals surface area contributed by atoms with E-state index in [0.29, 0.717) is 25.3 Å². The van der Waals surface area contributed by atoms with Crippen LogP contribution in [0.5, 0.6) is 0 Å². The third-order valence-electron chi connectivity index (χ3n) is 1.99. The summed E-state index contributed by atoms with van der Waals surface area (Å²) in [5, 5.41) is 6.62. The van der Waals surface area contributed by atoms with Crippen LogP contribution >= 0.6 is 0 Å². The molecule has 0 fully saturated rings. The van der Waals surface area contributed by atoms with E-state index in [-0.39, 0.29) is 12.0 Å². The second-order valence-corrected chi connectivity index (χ2v) is 3.07. The van der Waals surface area contributed by atoms with E-state index in [4.69, 9.17) is 9.26 Å². The van der Waals surface area contributed by atoms with Gasteiger partial charge in [-0.3, -0.25) is 10.1 Å².